The average molecular weight is 223 g/mol. The lowest BCUT2D eigenvalue weighted by Crippen LogP contribution is -2.57. The van der Waals surface area contributed by atoms with E-state index in [9.17, 15) is 9.90 Å². The Morgan fingerprint density at radius 1 is 1.69 bits per heavy atom. The fourth-order valence-electron chi connectivity index (χ4n) is 2.19. The Bertz CT molecular complexity index is 359. The lowest BCUT2D eigenvalue weighted by molar-refractivity contribution is -0.146. The third-order valence-corrected chi connectivity index (χ3v) is 3.12. The molecular weight excluding hydrogens is 206 g/mol. The van der Waals surface area contributed by atoms with E-state index in [-0.39, 0.29) is 5.92 Å². The number of nitrogens with zero attached hydrogens (tertiary/aromatic N) is 2. The van der Waals surface area contributed by atoms with Crippen LogP contribution in [0.2, 0.25) is 0 Å². The first kappa shape index (κ1) is 11.1. The van der Waals surface area contributed by atoms with Crippen LogP contribution in [0.5, 0.6) is 0 Å². The number of rotatable bonds is 6. The van der Waals surface area contributed by atoms with Crippen LogP contribution in [-0.2, 0) is 11.3 Å². The number of nitrogens with one attached hydrogen (secondary N) is 1. The average Bonchev–Trinajstić information content (AvgIpc) is 2.98. The van der Waals surface area contributed by atoms with Gasteiger partial charge in [0, 0.05) is 12.4 Å². The fourth-order valence-corrected chi connectivity index (χ4v) is 2.19. The number of carbonyl (C=O) groups is 1. The lowest BCUT2D eigenvalue weighted by atomic mass is 9.93. The summed E-state index contributed by atoms with van der Waals surface area (Å²) in [5.41, 5.74) is -0.846. The molecule has 0 bridgehead atoms. The molecule has 1 heterocycles. The van der Waals surface area contributed by atoms with E-state index in [4.69, 9.17) is 0 Å². The van der Waals surface area contributed by atoms with Crippen molar-refractivity contribution in [2.45, 2.75) is 31.8 Å². The summed E-state index contributed by atoms with van der Waals surface area (Å²) >= 11 is 0. The predicted octanol–water partition coefficient (Wildman–Crippen LogP) is 0.726. The fraction of sp³-hybridized carbons (Fsp3) is 0.636. The van der Waals surface area contributed by atoms with E-state index in [1.165, 1.54) is 0 Å². The maximum atomic E-state index is 11.5. The van der Waals surface area contributed by atoms with Gasteiger partial charge in [-0.05, 0) is 31.4 Å². The first-order valence-corrected chi connectivity index (χ1v) is 5.65. The van der Waals surface area contributed by atoms with E-state index in [1.807, 2.05) is 13.0 Å². The Morgan fingerprint density at radius 3 is 2.88 bits per heavy atom. The van der Waals surface area contributed by atoms with Gasteiger partial charge in [-0.3, -0.25) is 9.48 Å². The van der Waals surface area contributed by atoms with E-state index in [0.717, 1.165) is 12.8 Å². The monoisotopic (exact) mass is 223 g/mol. The molecule has 0 aromatic carbocycles. The molecule has 0 saturated heterocycles. The molecule has 1 aromatic heterocycles. The van der Waals surface area contributed by atoms with Crippen LogP contribution < -0.4 is 5.32 Å². The minimum atomic E-state index is -0.846. The second-order valence-corrected chi connectivity index (χ2v) is 4.28. The van der Waals surface area contributed by atoms with Gasteiger partial charge < -0.3 is 10.4 Å². The van der Waals surface area contributed by atoms with Gasteiger partial charge in [0.2, 0.25) is 0 Å². The number of aliphatic carboxylic acids is 1. The highest BCUT2D eigenvalue weighted by Gasteiger charge is 2.51. The molecular formula is C11H17N3O2. The van der Waals surface area contributed by atoms with Gasteiger partial charge in [-0.25, -0.2) is 0 Å². The standard InChI is InChI=1S/C11H17N3O2/c1-2-12-11(10(15)16,9-4-5-9)8-14-7-3-6-13-14/h3,6-7,9,12H,2,4-5,8H2,1H3,(H,15,16). The summed E-state index contributed by atoms with van der Waals surface area (Å²) in [6, 6.07) is 1.81. The summed E-state index contributed by atoms with van der Waals surface area (Å²) in [6.07, 6.45) is 5.45. The van der Waals surface area contributed by atoms with Gasteiger partial charge in [-0.2, -0.15) is 5.10 Å². The van der Waals surface area contributed by atoms with Crippen LogP contribution in [0.25, 0.3) is 0 Å². The number of hydrogen-bond acceptors (Lipinski definition) is 3. The molecule has 16 heavy (non-hydrogen) atoms. The van der Waals surface area contributed by atoms with E-state index < -0.39 is 11.5 Å². The molecule has 1 aliphatic carbocycles. The summed E-state index contributed by atoms with van der Waals surface area (Å²) in [5.74, 6) is -0.540. The second-order valence-electron chi connectivity index (χ2n) is 4.28. The van der Waals surface area contributed by atoms with Crippen molar-refractivity contribution < 1.29 is 9.90 Å². The molecule has 0 amide bonds. The molecule has 1 atom stereocenters. The van der Waals surface area contributed by atoms with Crippen LogP contribution in [0.3, 0.4) is 0 Å². The predicted molar refractivity (Wildman–Crippen MR) is 59.0 cm³/mol. The molecule has 1 saturated carbocycles. The Morgan fingerprint density at radius 2 is 2.44 bits per heavy atom. The molecule has 5 heteroatoms. The zero-order valence-electron chi connectivity index (χ0n) is 9.39. The van der Waals surface area contributed by atoms with Gasteiger partial charge in [0.15, 0.2) is 0 Å². The van der Waals surface area contributed by atoms with Gasteiger partial charge in [-0.15, -0.1) is 0 Å². The molecule has 0 radical (unpaired) electrons. The van der Waals surface area contributed by atoms with E-state index in [0.29, 0.717) is 13.1 Å². The molecule has 88 valence electrons. The summed E-state index contributed by atoms with van der Waals surface area (Å²) in [6.45, 7) is 2.99. The van der Waals surface area contributed by atoms with Crippen molar-refractivity contribution in [3.63, 3.8) is 0 Å². The Balaban J connectivity index is 2.21. The molecule has 1 unspecified atom stereocenters. The molecule has 1 fully saturated rings. The molecule has 0 spiro atoms. The summed E-state index contributed by atoms with van der Waals surface area (Å²) in [5, 5.41) is 16.7. The zero-order valence-corrected chi connectivity index (χ0v) is 9.39. The van der Waals surface area contributed by atoms with Gasteiger partial charge >= 0.3 is 5.97 Å². The molecule has 1 aliphatic rings. The third kappa shape index (κ3) is 1.95. The van der Waals surface area contributed by atoms with E-state index in [2.05, 4.69) is 10.4 Å². The van der Waals surface area contributed by atoms with Crippen LogP contribution in [0.4, 0.5) is 0 Å². The SMILES string of the molecule is CCNC(Cn1cccn1)(C(=O)O)C1CC1. The minimum Gasteiger partial charge on any atom is -0.480 e. The van der Waals surface area contributed by atoms with Crippen molar-refractivity contribution >= 4 is 5.97 Å². The minimum absolute atomic E-state index is 0.231. The summed E-state index contributed by atoms with van der Waals surface area (Å²) < 4.78 is 1.69. The number of hydrogen-bond donors (Lipinski definition) is 2. The first-order chi connectivity index (χ1) is 7.69. The second kappa shape index (κ2) is 4.25. The first-order valence-electron chi connectivity index (χ1n) is 5.65. The number of carboxylic acids is 1. The molecule has 2 rings (SSSR count). The molecule has 0 aliphatic heterocycles. The van der Waals surface area contributed by atoms with E-state index >= 15 is 0 Å². The van der Waals surface area contributed by atoms with Crippen LogP contribution in [0.15, 0.2) is 18.5 Å². The van der Waals surface area contributed by atoms with Crippen molar-refractivity contribution in [3.8, 4) is 0 Å². The topological polar surface area (TPSA) is 67.2 Å². The van der Waals surface area contributed by atoms with Crippen molar-refractivity contribution in [2.75, 3.05) is 6.54 Å². The van der Waals surface area contributed by atoms with E-state index in [1.54, 1.807) is 17.1 Å². The van der Waals surface area contributed by atoms with Crippen molar-refractivity contribution in [3.05, 3.63) is 18.5 Å². The number of aromatic nitrogens is 2. The highest BCUT2D eigenvalue weighted by molar-refractivity contribution is 5.79. The smallest absolute Gasteiger partial charge is 0.326 e. The van der Waals surface area contributed by atoms with Crippen LogP contribution in [-0.4, -0.2) is 32.9 Å². The normalized spacial score (nSPS) is 19.3. The Hall–Kier alpha value is -1.36. The van der Waals surface area contributed by atoms with Gasteiger partial charge in [-0.1, -0.05) is 6.92 Å². The van der Waals surface area contributed by atoms with Crippen LogP contribution in [0.1, 0.15) is 19.8 Å². The van der Waals surface area contributed by atoms with Gasteiger partial charge in [0.1, 0.15) is 5.54 Å². The maximum absolute atomic E-state index is 11.5. The molecule has 5 nitrogen and oxygen atoms in total. The van der Waals surface area contributed by atoms with Crippen molar-refractivity contribution in [2.24, 2.45) is 5.92 Å². The number of likely N-dealkylation sites (N-methyl/N-ethyl adjacent to an activating group) is 1. The van der Waals surface area contributed by atoms with Gasteiger partial charge in [0.25, 0.3) is 0 Å². The number of carboxylic acid groups (broad SMARTS) is 1. The Labute approximate surface area is 94.5 Å². The third-order valence-electron chi connectivity index (χ3n) is 3.12. The van der Waals surface area contributed by atoms with Crippen molar-refractivity contribution in [1.82, 2.24) is 15.1 Å². The van der Waals surface area contributed by atoms with Crippen LogP contribution >= 0.6 is 0 Å². The maximum Gasteiger partial charge on any atom is 0.326 e. The molecule has 1 aromatic rings. The zero-order chi connectivity index (χ0) is 11.6. The van der Waals surface area contributed by atoms with Crippen molar-refractivity contribution in [1.29, 1.82) is 0 Å². The Kier molecular flexibility index (Phi) is 2.96. The lowest BCUT2D eigenvalue weighted by Gasteiger charge is -2.30. The summed E-state index contributed by atoms with van der Waals surface area (Å²) in [4.78, 5) is 11.5. The molecule has 2 N–H and O–H groups in total. The highest BCUT2D eigenvalue weighted by atomic mass is 16.4. The van der Waals surface area contributed by atoms with Crippen LogP contribution in [0, 0.1) is 5.92 Å². The summed E-state index contributed by atoms with van der Waals surface area (Å²) in [7, 11) is 0. The quantitative estimate of drug-likeness (QED) is 0.746. The largest absolute Gasteiger partial charge is 0.480 e. The van der Waals surface area contributed by atoms with Gasteiger partial charge in [0.05, 0.1) is 6.54 Å². The highest BCUT2D eigenvalue weighted by Crippen LogP contribution is 2.40.